The Morgan fingerprint density at radius 1 is 0.255 bits per heavy atom. The van der Waals surface area contributed by atoms with E-state index in [2.05, 4.69) is 78.5 Å². The van der Waals surface area contributed by atoms with Crippen molar-refractivity contribution in [3.05, 3.63) is 391 Å². The van der Waals surface area contributed by atoms with Crippen LogP contribution in [0.1, 0.15) is 129 Å². The van der Waals surface area contributed by atoms with Crippen molar-refractivity contribution < 1.29 is 28.8 Å². The summed E-state index contributed by atoms with van der Waals surface area (Å²) in [6.45, 7) is 5.27. The van der Waals surface area contributed by atoms with Crippen LogP contribution < -0.4 is 67.5 Å². The second-order valence-electron chi connectivity index (χ2n) is 34.7. The molecular formula is C103H108N24O18. The van der Waals surface area contributed by atoms with Gasteiger partial charge in [0, 0.05) is 109 Å². The summed E-state index contributed by atoms with van der Waals surface area (Å²) in [6, 6.07) is 49.3. The molecule has 5 aromatic carbocycles. The van der Waals surface area contributed by atoms with E-state index in [1.165, 1.54) is 209 Å². The number of hydrogen-bond acceptors (Lipinski definition) is 24. The van der Waals surface area contributed by atoms with Crippen molar-refractivity contribution in [2.45, 2.75) is 91.4 Å². The third-order valence-electron chi connectivity index (χ3n) is 23.6. The number of unbranched alkanes of at least 4 members (excludes halogenated alkanes) is 3. The van der Waals surface area contributed by atoms with Gasteiger partial charge >= 0.3 is 34.1 Å². The van der Waals surface area contributed by atoms with Crippen LogP contribution in [0.5, 0.6) is 0 Å². The Balaban J connectivity index is 0.000000155. The van der Waals surface area contributed by atoms with Crippen LogP contribution in [0.25, 0.3) is 79.1 Å². The van der Waals surface area contributed by atoms with E-state index in [9.17, 15) is 86.3 Å². The smallest absolute Gasteiger partial charge is 0.279 e. The van der Waals surface area contributed by atoms with E-state index in [1.54, 1.807) is 45.1 Å². The molecule has 0 unspecified atom stereocenters. The lowest BCUT2D eigenvalue weighted by atomic mass is 9.95. The summed E-state index contributed by atoms with van der Waals surface area (Å²) in [5.41, 5.74) is 0.702. The van der Waals surface area contributed by atoms with Crippen LogP contribution in [0.3, 0.4) is 0 Å². The number of carbonyl (C=O) groups is 6. The first-order chi connectivity index (χ1) is 69.2. The molecule has 42 nitrogen and oxygen atoms in total. The van der Waals surface area contributed by atoms with Crippen LogP contribution in [0.4, 0.5) is 0 Å². The summed E-state index contributed by atoms with van der Waals surface area (Å²) in [4.78, 5) is 244. The first-order valence-corrected chi connectivity index (χ1v) is 45.8. The number of hydrogen-bond donors (Lipinski definition) is 0. The minimum Gasteiger partial charge on any atom is -0.279 e. The third kappa shape index (κ3) is 23.6. The normalized spacial score (nSPS) is 11.5. The SMILES string of the molecule is Cn1c(=O)c2c(ncn2C(=O)/C=C/CCCc2ccccc2)n(C)c1=O.Cn1c(=O)c2c(ncn2C(=O)/C=C/c2ccccc2)n(C)c1=O.Cn1c(=O)c2c(ncn2C(=O)/C=C\CCCc2ccccc2)n(C)c1=O.Cn1c(=O)c2c(ncn2C(=O)/C=C\c2ccccc2)n(C)c1=O.Cn1c(=O)c2c(ncn2C(=O)C(C)(C)C)n(C)c1=O.Cn1c(=O)c2c(ncn2C(=O)CCC/C=C/CCc2ccccc2)n(C)c1=O. The van der Waals surface area contributed by atoms with Crippen LogP contribution >= 0.6 is 0 Å². The van der Waals surface area contributed by atoms with Gasteiger partial charge in [-0.2, -0.15) is 0 Å². The van der Waals surface area contributed by atoms with Gasteiger partial charge in [0.1, 0.15) is 38.0 Å². The largest absolute Gasteiger partial charge is 0.332 e. The molecule has 0 amide bonds. The molecule has 12 aromatic heterocycles. The van der Waals surface area contributed by atoms with E-state index in [1.807, 2.05) is 115 Å². The molecule has 0 N–H and O–H groups in total. The molecule has 0 atom stereocenters. The molecule has 12 heterocycles. The fourth-order valence-corrected chi connectivity index (χ4v) is 15.4. The van der Waals surface area contributed by atoms with Gasteiger partial charge in [0.25, 0.3) is 57.0 Å². The van der Waals surface area contributed by atoms with Crippen LogP contribution in [0.2, 0.25) is 0 Å². The Hall–Kier alpha value is -18.3. The molecule has 17 rings (SSSR count). The Kier molecular flexibility index (Phi) is 34.0. The number of imidazole rings is 6. The molecule has 0 aliphatic heterocycles. The summed E-state index contributed by atoms with van der Waals surface area (Å²) < 4.78 is 20.5. The van der Waals surface area contributed by atoms with Crippen LogP contribution in [-0.2, 0) is 104 Å². The number of nitrogens with zero attached hydrogens (tertiary/aromatic N) is 24. The van der Waals surface area contributed by atoms with Crippen molar-refractivity contribution in [1.29, 1.82) is 0 Å². The van der Waals surface area contributed by atoms with Crippen molar-refractivity contribution in [1.82, 2.24) is 112 Å². The minimum atomic E-state index is -0.645. The fourth-order valence-electron chi connectivity index (χ4n) is 15.4. The van der Waals surface area contributed by atoms with E-state index in [4.69, 9.17) is 0 Å². The number of aryl methyl sites for hydroxylation is 9. The number of carbonyl (C=O) groups excluding carboxylic acids is 6. The van der Waals surface area contributed by atoms with E-state index in [-0.39, 0.29) is 90.6 Å². The molecule has 0 saturated heterocycles. The van der Waals surface area contributed by atoms with Crippen molar-refractivity contribution in [3.8, 4) is 0 Å². The van der Waals surface area contributed by atoms with Gasteiger partial charge in [-0.05, 0) is 116 Å². The molecule has 0 spiro atoms. The molecule has 0 saturated carbocycles. The van der Waals surface area contributed by atoms with Crippen LogP contribution in [0, 0.1) is 5.41 Å². The van der Waals surface area contributed by atoms with Gasteiger partial charge < -0.3 is 0 Å². The maximum absolute atomic E-state index is 12.5. The van der Waals surface area contributed by atoms with Crippen LogP contribution in [-0.4, -0.2) is 148 Å². The van der Waals surface area contributed by atoms with Gasteiger partial charge in [0.2, 0.25) is 11.8 Å². The molecule has 145 heavy (non-hydrogen) atoms. The molecule has 0 aliphatic rings. The highest BCUT2D eigenvalue weighted by molar-refractivity contribution is 6.00. The van der Waals surface area contributed by atoms with E-state index < -0.39 is 84.7 Å². The fraction of sp³-hybridized carbons (Fsp3) is 0.262. The van der Waals surface area contributed by atoms with Crippen molar-refractivity contribution in [3.63, 3.8) is 0 Å². The molecule has 0 bridgehead atoms. The summed E-state index contributed by atoms with van der Waals surface area (Å²) in [7, 11) is 17.4. The highest BCUT2D eigenvalue weighted by Crippen LogP contribution is 2.21. The lowest BCUT2D eigenvalue weighted by Crippen LogP contribution is -2.38. The van der Waals surface area contributed by atoms with Crippen LogP contribution in [0.15, 0.2) is 296 Å². The number of allylic oxidation sites excluding steroid dienone is 8. The molecule has 17 aromatic rings. The summed E-state index contributed by atoms with van der Waals surface area (Å²) in [5, 5.41) is 0. The highest BCUT2D eigenvalue weighted by Gasteiger charge is 2.29. The number of benzene rings is 5. The monoisotopic (exact) mass is 1970 g/mol. The Morgan fingerprint density at radius 2 is 0.483 bits per heavy atom. The molecule has 0 aliphatic carbocycles. The zero-order valence-corrected chi connectivity index (χ0v) is 82.5. The van der Waals surface area contributed by atoms with Gasteiger partial charge in [0.15, 0.2) is 67.0 Å². The average Bonchev–Trinajstić information content (AvgIpc) is 1.62. The predicted molar refractivity (Wildman–Crippen MR) is 550 cm³/mol. The maximum atomic E-state index is 12.5. The Bertz CT molecular complexity index is 8430. The third-order valence-corrected chi connectivity index (χ3v) is 23.6. The van der Waals surface area contributed by atoms with E-state index in [0.29, 0.717) is 12.8 Å². The lowest BCUT2D eigenvalue weighted by molar-refractivity contribution is 0.0770. The topological polar surface area (TPSA) is 473 Å². The van der Waals surface area contributed by atoms with Gasteiger partial charge in [-0.3, -0.25) is 140 Å². The highest BCUT2D eigenvalue weighted by atomic mass is 16.2. The number of aromatic nitrogens is 24. The van der Waals surface area contributed by atoms with Gasteiger partial charge in [-0.1, -0.05) is 197 Å². The first kappa shape index (κ1) is 106. The minimum absolute atomic E-state index is 0.0808. The van der Waals surface area contributed by atoms with E-state index >= 15 is 0 Å². The second-order valence-corrected chi connectivity index (χ2v) is 34.7. The molecule has 42 heteroatoms. The quantitative estimate of drug-likeness (QED) is 0.0383. The molecule has 0 fully saturated rings. The van der Waals surface area contributed by atoms with E-state index in [0.717, 1.165) is 105 Å². The standard InChI is InChI=1S/C21H24N4O3.2C19H20N4O3.2C16H14N4O3.C12H16N4O3/c1-23-19-18(20(27)24(2)21(23)28)25(15-22-19)17(26)14-10-5-3-4-7-11-16-12-8-6-9-13-16;2*1-21-17-16(18(25)22(2)19(21)26)23(13-20-17)15(24)12-8-4-7-11-14-9-5-3-6-10-14;2*1-18-14-13(15(22)19(2)16(18)23)20(10-17-14)12(21)9-8-11-6-4-3-5-7-11;1-12(2,3)10(18)16-6-13-8-7(16)9(17)15(5)11(19)14(8)4/h3-4,6,8-9,12-13,15H,5,7,10-11,14H2,1-2H3;2*3,5-6,8-10,12-13H,4,7,11H2,1-2H3;2*3-10H,1-2H3;6H,1-5H3/b4-3+;12-8+;12-8-;9-8+;9-8-;. The molecule has 0 radical (unpaired) electrons. The second kappa shape index (κ2) is 46.7. The Morgan fingerprint density at radius 3 is 0.766 bits per heavy atom. The average molecular weight is 1970 g/mol. The summed E-state index contributed by atoms with van der Waals surface area (Å²) in [6.07, 6.45) is 33.4. The van der Waals surface area contributed by atoms with Crippen molar-refractivity contribution >= 4 is 115 Å². The lowest BCUT2D eigenvalue weighted by Gasteiger charge is -2.17. The Labute approximate surface area is 823 Å². The molecular weight excluding hydrogens is 1860 g/mol. The van der Waals surface area contributed by atoms with Crippen molar-refractivity contribution in [2.75, 3.05) is 0 Å². The predicted octanol–water partition coefficient (Wildman–Crippen LogP) is 7.43. The zero-order chi connectivity index (χ0) is 105. The van der Waals surface area contributed by atoms with Gasteiger partial charge in [-0.25, -0.2) is 58.7 Å². The summed E-state index contributed by atoms with van der Waals surface area (Å²) in [5.74, 6) is -1.98. The van der Waals surface area contributed by atoms with Gasteiger partial charge in [-0.15, -0.1) is 0 Å². The maximum Gasteiger partial charge on any atom is 0.332 e. The first-order valence-electron chi connectivity index (χ1n) is 45.8. The number of rotatable bonds is 21. The van der Waals surface area contributed by atoms with Crippen molar-refractivity contribution in [2.24, 2.45) is 90.0 Å². The molecule has 748 valence electrons. The zero-order valence-electron chi connectivity index (χ0n) is 82.5. The summed E-state index contributed by atoms with van der Waals surface area (Å²) >= 11 is 0. The number of fused-ring (bicyclic) bond motifs is 6. The van der Waals surface area contributed by atoms with Gasteiger partial charge in [0.05, 0.1) is 0 Å².